The number of carboxylic acid groups (broad SMARTS) is 2. The van der Waals surface area contributed by atoms with E-state index >= 15 is 0 Å². The lowest BCUT2D eigenvalue weighted by molar-refractivity contribution is -0.411. The Balaban J connectivity index is 0.000000203. The van der Waals surface area contributed by atoms with Crippen molar-refractivity contribution in [2.45, 2.75) is 13.3 Å². The molecule has 1 aliphatic carbocycles. The Kier molecular flexibility index (Phi) is 7.36. The van der Waals surface area contributed by atoms with Crippen LogP contribution in [0.1, 0.15) is 13.3 Å². The largest absolute Gasteiger partial charge is 0.481 e. The Morgan fingerprint density at radius 3 is 1.82 bits per heavy atom. The van der Waals surface area contributed by atoms with Gasteiger partial charge in [-0.3, -0.25) is 14.6 Å². The minimum atomic E-state index is -1.08. The van der Waals surface area contributed by atoms with E-state index in [1.807, 2.05) is 36.4 Å². The summed E-state index contributed by atoms with van der Waals surface area (Å²) < 4.78 is 0. The molecule has 1 atom stereocenters. The van der Waals surface area contributed by atoms with Gasteiger partial charge in [0.05, 0.1) is 5.41 Å². The molecule has 28 heavy (non-hydrogen) atoms. The van der Waals surface area contributed by atoms with E-state index in [0.717, 1.165) is 0 Å². The van der Waals surface area contributed by atoms with Gasteiger partial charge in [0.25, 0.3) is 0 Å². The molecule has 0 saturated carbocycles. The first-order valence-corrected chi connectivity index (χ1v) is 8.37. The molecule has 0 bridgehead atoms. The van der Waals surface area contributed by atoms with E-state index in [1.54, 1.807) is 24.3 Å². The highest BCUT2D eigenvalue weighted by Crippen LogP contribution is 2.31. The zero-order chi connectivity index (χ0) is 20.4. The van der Waals surface area contributed by atoms with Gasteiger partial charge in [-0.05, 0) is 37.6 Å². The molecule has 3 rings (SSSR count). The molecule has 2 aromatic carbocycles. The summed E-state index contributed by atoms with van der Waals surface area (Å²) >= 11 is 0. The lowest BCUT2D eigenvalue weighted by Crippen LogP contribution is -2.28. The number of carboxylic acids is 2. The average Bonchev–Trinajstić information content (AvgIpc) is 2.70. The van der Waals surface area contributed by atoms with Gasteiger partial charge in [0.2, 0.25) is 0 Å². The van der Waals surface area contributed by atoms with Crippen molar-refractivity contribution in [1.82, 2.24) is 0 Å². The number of benzene rings is 2. The molecule has 0 saturated heterocycles. The second-order valence-corrected chi connectivity index (χ2v) is 6.12. The molecule has 0 amide bonds. The van der Waals surface area contributed by atoms with Crippen molar-refractivity contribution in [1.29, 1.82) is 0 Å². The summed E-state index contributed by atoms with van der Waals surface area (Å²) in [7, 11) is 0. The van der Waals surface area contributed by atoms with Crippen LogP contribution >= 0.6 is 0 Å². The van der Waals surface area contributed by atoms with Gasteiger partial charge in [-0.1, -0.05) is 54.6 Å². The molecule has 7 nitrogen and oxygen atoms in total. The first kappa shape index (κ1) is 20.7. The summed E-state index contributed by atoms with van der Waals surface area (Å²) in [5.74, 6) is -0.880. The third-order valence-electron chi connectivity index (χ3n) is 3.83. The van der Waals surface area contributed by atoms with Gasteiger partial charge < -0.3 is 10.2 Å². The van der Waals surface area contributed by atoms with E-state index in [9.17, 15) is 9.59 Å². The molecule has 0 radical (unpaired) electrons. The van der Waals surface area contributed by atoms with E-state index in [4.69, 9.17) is 20.0 Å². The first-order chi connectivity index (χ1) is 13.4. The molecule has 1 unspecified atom stereocenters. The van der Waals surface area contributed by atoms with E-state index in [-0.39, 0.29) is 12.0 Å². The number of para-hydroxylation sites is 2. The van der Waals surface area contributed by atoms with Crippen molar-refractivity contribution in [2.75, 3.05) is 0 Å². The Morgan fingerprint density at radius 1 is 0.893 bits per heavy atom. The van der Waals surface area contributed by atoms with E-state index in [0.29, 0.717) is 11.5 Å². The quantitative estimate of drug-likeness (QED) is 0.572. The predicted octanol–water partition coefficient (Wildman–Crippen LogP) is 4.04. The minimum absolute atomic E-state index is 0.0359. The molecule has 0 aliphatic heterocycles. The van der Waals surface area contributed by atoms with E-state index in [2.05, 4.69) is 5.04 Å². The lowest BCUT2D eigenvalue weighted by Gasteiger charge is -2.23. The smallest absolute Gasteiger partial charge is 0.331 e. The van der Waals surface area contributed by atoms with Crippen LogP contribution < -0.4 is 9.78 Å². The van der Waals surface area contributed by atoms with Crippen LogP contribution in [-0.4, -0.2) is 22.2 Å². The molecule has 2 N–H and O–H groups in total. The highest BCUT2D eigenvalue weighted by atomic mass is 17.5. The summed E-state index contributed by atoms with van der Waals surface area (Å²) in [5, 5.41) is 22.1. The maximum Gasteiger partial charge on any atom is 0.331 e. The van der Waals surface area contributed by atoms with E-state index < -0.39 is 17.4 Å². The summed E-state index contributed by atoms with van der Waals surface area (Å²) in [6.07, 6.45) is 4.43. The Morgan fingerprint density at radius 2 is 1.39 bits per heavy atom. The van der Waals surface area contributed by atoms with Gasteiger partial charge in [-0.25, -0.2) is 4.79 Å². The Labute approximate surface area is 162 Å². The molecule has 146 valence electrons. The van der Waals surface area contributed by atoms with Crippen LogP contribution in [0.2, 0.25) is 0 Å². The number of aliphatic carboxylic acids is 2. The van der Waals surface area contributed by atoms with Crippen LogP contribution in [0, 0.1) is 5.41 Å². The van der Waals surface area contributed by atoms with Crippen LogP contribution in [-0.2, 0) is 14.6 Å². The van der Waals surface area contributed by atoms with Crippen molar-refractivity contribution in [3.63, 3.8) is 0 Å². The van der Waals surface area contributed by atoms with Crippen molar-refractivity contribution in [2.24, 2.45) is 5.41 Å². The summed E-state index contributed by atoms with van der Waals surface area (Å²) in [4.78, 5) is 31.1. The molecule has 2 aromatic rings. The number of rotatable bonds is 6. The van der Waals surface area contributed by atoms with Crippen molar-refractivity contribution in [3.8, 4) is 11.5 Å². The average molecular weight is 384 g/mol. The van der Waals surface area contributed by atoms with Crippen molar-refractivity contribution < 1.29 is 34.6 Å². The van der Waals surface area contributed by atoms with Crippen LogP contribution in [0.25, 0.3) is 0 Å². The lowest BCUT2D eigenvalue weighted by atomic mass is 9.80. The fourth-order valence-electron chi connectivity index (χ4n) is 2.23. The van der Waals surface area contributed by atoms with Crippen LogP contribution in [0.5, 0.6) is 11.5 Å². The molecule has 0 aromatic heterocycles. The zero-order valence-corrected chi connectivity index (χ0v) is 15.1. The zero-order valence-electron chi connectivity index (χ0n) is 15.1. The molecule has 0 spiro atoms. The van der Waals surface area contributed by atoms with Gasteiger partial charge in [0, 0.05) is 10.6 Å². The molecule has 0 fully saturated rings. The number of carbonyl (C=O) groups is 2. The molecular weight excluding hydrogens is 364 g/mol. The summed E-state index contributed by atoms with van der Waals surface area (Å²) in [5.41, 5.74) is -0.949. The first-order valence-electron chi connectivity index (χ1n) is 8.37. The fourth-order valence-corrected chi connectivity index (χ4v) is 2.23. The van der Waals surface area contributed by atoms with Gasteiger partial charge >= 0.3 is 11.9 Å². The fraction of sp³-hybridized carbons (Fsp3) is 0.143. The van der Waals surface area contributed by atoms with Gasteiger partial charge in [0.15, 0.2) is 11.5 Å². The second-order valence-electron chi connectivity index (χ2n) is 6.12. The Hall–Kier alpha value is -3.58. The summed E-state index contributed by atoms with van der Waals surface area (Å²) in [6, 6.07) is 18.3. The number of allylic oxidation sites excluding steroid dienone is 2. The molecule has 1 aliphatic rings. The standard InChI is InChI=1S/C12H10O3.C9H10O4/c1-3-7-11(8-4-1)13-15-14-12-9-5-2-6-10-12;1-9(8(12)13)4-2-3-6(5-9)7(10)11/h1-10H;2-4H,5H2,1H3,(H,10,11)(H,12,13). The van der Waals surface area contributed by atoms with Crippen LogP contribution in [0.3, 0.4) is 0 Å². The van der Waals surface area contributed by atoms with Gasteiger partial charge in [-0.15, -0.1) is 0 Å². The highest BCUT2D eigenvalue weighted by molar-refractivity contribution is 5.90. The maximum atomic E-state index is 10.8. The number of hydrogen-bond donors (Lipinski definition) is 2. The SMILES string of the molecule is CC1(C(=O)O)C=CC=C(C(=O)O)C1.c1ccc(OOOc2ccccc2)cc1. The molecule has 7 heteroatoms. The maximum absolute atomic E-state index is 10.8. The van der Waals surface area contributed by atoms with Crippen molar-refractivity contribution >= 4 is 11.9 Å². The monoisotopic (exact) mass is 384 g/mol. The summed E-state index contributed by atoms with van der Waals surface area (Å²) in [6.45, 7) is 1.50. The Bertz CT molecular complexity index is 804. The van der Waals surface area contributed by atoms with E-state index in [1.165, 1.54) is 25.2 Å². The third-order valence-corrected chi connectivity index (χ3v) is 3.83. The predicted molar refractivity (Wildman–Crippen MR) is 100 cm³/mol. The minimum Gasteiger partial charge on any atom is -0.481 e. The normalized spacial score (nSPS) is 17.5. The molecular formula is C21H20O7. The third kappa shape index (κ3) is 6.30. The highest BCUT2D eigenvalue weighted by Gasteiger charge is 2.34. The molecule has 0 heterocycles. The van der Waals surface area contributed by atoms with Crippen LogP contribution in [0.15, 0.2) is 84.5 Å². The van der Waals surface area contributed by atoms with Crippen LogP contribution in [0.4, 0.5) is 0 Å². The van der Waals surface area contributed by atoms with Gasteiger partial charge in [-0.2, -0.15) is 0 Å². The van der Waals surface area contributed by atoms with Gasteiger partial charge in [0.1, 0.15) is 0 Å². The topological polar surface area (TPSA) is 102 Å². The second kappa shape index (κ2) is 9.94. The van der Waals surface area contributed by atoms with Crippen molar-refractivity contribution in [3.05, 3.63) is 84.5 Å². The number of hydrogen-bond acceptors (Lipinski definition) is 5.